The van der Waals surface area contributed by atoms with E-state index in [9.17, 15) is 0 Å². The van der Waals surface area contributed by atoms with Gasteiger partial charge in [-0.05, 0) is 44.1 Å². The standard InChI is InChI=1S/C15H23N3/c1-11(16)14-6-3-7-17-15(14)18-9-12-4-2-5-13(8-12)10-18/h3,6-7,11-13H,2,4-5,8-10,16H2,1H3. The van der Waals surface area contributed by atoms with Crippen LogP contribution in [0.25, 0.3) is 0 Å². The zero-order valence-corrected chi connectivity index (χ0v) is 11.2. The summed E-state index contributed by atoms with van der Waals surface area (Å²) in [7, 11) is 0. The number of nitrogens with zero attached hydrogens (tertiary/aromatic N) is 2. The average Bonchev–Trinajstić information content (AvgIpc) is 2.38. The number of fused-ring (bicyclic) bond motifs is 2. The summed E-state index contributed by atoms with van der Waals surface area (Å²) in [6.07, 6.45) is 7.54. The topological polar surface area (TPSA) is 42.1 Å². The van der Waals surface area contributed by atoms with Crippen LogP contribution >= 0.6 is 0 Å². The molecule has 1 aliphatic carbocycles. The van der Waals surface area contributed by atoms with Gasteiger partial charge < -0.3 is 10.6 Å². The second-order valence-electron chi connectivity index (χ2n) is 6.01. The summed E-state index contributed by atoms with van der Waals surface area (Å²) < 4.78 is 0. The van der Waals surface area contributed by atoms with Gasteiger partial charge in [0.25, 0.3) is 0 Å². The van der Waals surface area contributed by atoms with E-state index in [2.05, 4.69) is 16.0 Å². The molecular formula is C15H23N3. The molecule has 2 heterocycles. The highest BCUT2D eigenvalue weighted by Gasteiger charge is 2.31. The molecule has 0 amide bonds. The molecule has 3 rings (SSSR count). The molecule has 1 saturated heterocycles. The molecule has 2 fully saturated rings. The third-order valence-corrected chi connectivity index (χ3v) is 4.46. The summed E-state index contributed by atoms with van der Waals surface area (Å²) in [5.41, 5.74) is 7.26. The highest BCUT2D eigenvalue weighted by molar-refractivity contribution is 5.48. The van der Waals surface area contributed by atoms with Gasteiger partial charge in [0.1, 0.15) is 5.82 Å². The first-order valence-corrected chi connectivity index (χ1v) is 7.19. The van der Waals surface area contributed by atoms with E-state index in [4.69, 9.17) is 5.73 Å². The van der Waals surface area contributed by atoms with E-state index in [1.54, 1.807) is 0 Å². The zero-order chi connectivity index (χ0) is 12.5. The fourth-order valence-electron chi connectivity index (χ4n) is 3.63. The maximum Gasteiger partial charge on any atom is 0.133 e. The molecule has 3 unspecified atom stereocenters. The molecule has 3 nitrogen and oxygen atoms in total. The lowest BCUT2D eigenvalue weighted by atomic mass is 9.78. The number of rotatable bonds is 2. The molecule has 2 aliphatic rings. The van der Waals surface area contributed by atoms with Gasteiger partial charge in [0, 0.05) is 30.9 Å². The van der Waals surface area contributed by atoms with Crippen LogP contribution in [-0.2, 0) is 0 Å². The van der Waals surface area contributed by atoms with Gasteiger partial charge >= 0.3 is 0 Å². The second-order valence-corrected chi connectivity index (χ2v) is 6.01. The molecule has 98 valence electrons. The summed E-state index contributed by atoms with van der Waals surface area (Å²) in [5.74, 6) is 2.88. The highest BCUT2D eigenvalue weighted by Crippen LogP contribution is 2.37. The minimum absolute atomic E-state index is 0.0652. The van der Waals surface area contributed by atoms with E-state index >= 15 is 0 Å². The van der Waals surface area contributed by atoms with Gasteiger partial charge in [-0.1, -0.05) is 12.5 Å². The molecular weight excluding hydrogens is 222 g/mol. The third-order valence-electron chi connectivity index (χ3n) is 4.46. The number of hydrogen-bond donors (Lipinski definition) is 1. The Morgan fingerprint density at radius 1 is 1.33 bits per heavy atom. The molecule has 1 aliphatic heterocycles. The summed E-state index contributed by atoms with van der Waals surface area (Å²) >= 11 is 0. The molecule has 1 aromatic heterocycles. The van der Waals surface area contributed by atoms with Crippen LogP contribution in [-0.4, -0.2) is 18.1 Å². The van der Waals surface area contributed by atoms with Gasteiger partial charge in [0.15, 0.2) is 0 Å². The summed E-state index contributed by atoms with van der Waals surface area (Å²) in [6.45, 7) is 4.39. The minimum Gasteiger partial charge on any atom is -0.356 e. The van der Waals surface area contributed by atoms with Crippen molar-refractivity contribution in [1.29, 1.82) is 0 Å². The fraction of sp³-hybridized carbons (Fsp3) is 0.667. The van der Waals surface area contributed by atoms with Crippen LogP contribution in [0.3, 0.4) is 0 Å². The predicted octanol–water partition coefficient (Wildman–Crippen LogP) is 2.73. The smallest absolute Gasteiger partial charge is 0.133 e. The van der Waals surface area contributed by atoms with Crippen LogP contribution in [0.1, 0.15) is 44.2 Å². The van der Waals surface area contributed by atoms with E-state index in [-0.39, 0.29) is 6.04 Å². The minimum atomic E-state index is 0.0652. The Balaban J connectivity index is 1.86. The van der Waals surface area contributed by atoms with Crippen molar-refractivity contribution in [1.82, 2.24) is 4.98 Å². The van der Waals surface area contributed by atoms with Crippen LogP contribution < -0.4 is 10.6 Å². The number of nitrogens with two attached hydrogens (primary N) is 1. The second kappa shape index (κ2) is 4.88. The maximum atomic E-state index is 6.07. The van der Waals surface area contributed by atoms with Gasteiger partial charge in [-0.3, -0.25) is 0 Å². The lowest BCUT2D eigenvalue weighted by Gasteiger charge is -2.42. The Labute approximate surface area is 109 Å². The molecule has 0 spiro atoms. The van der Waals surface area contributed by atoms with Gasteiger partial charge in [-0.2, -0.15) is 0 Å². The molecule has 18 heavy (non-hydrogen) atoms. The van der Waals surface area contributed by atoms with Crippen molar-refractivity contribution in [3.8, 4) is 0 Å². The van der Waals surface area contributed by atoms with Crippen molar-refractivity contribution < 1.29 is 0 Å². The Hall–Kier alpha value is -1.09. The van der Waals surface area contributed by atoms with E-state index in [0.717, 1.165) is 17.7 Å². The normalized spacial score (nSPS) is 29.1. The van der Waals surface area contributed by atoms with Crippen LogP contribution in [0.2, 0.25) is 0 Å². The number of hydrogen-bond acceptors (Lipinski definition) is 3. The number of piperidine rings is 1. The van der Waals surface area contributed by atoms with E-state index in [1.807, 2.05) is 19.2 Å². The number of aromatic nitrogens is 1. The van der Waals surface area contributed by atoms with Gasteiger partial charge in [-0.25, -0.2) is 4.98 Å². The third kappa shape index (κ3) is 2.24. The summed E-state index contributed by atoms with van der Waals surface area (Å²) in [5, 5.41) is 0. The van der Waals surface area contributed by atoms with E-state index in [0.29, 0.717) is 0 Å². The Bertz CT molecular complexity index is 404. The lowest BCUT2D eigenvalue weighted by molar-refractivity contribution is 0.230. The van der Waals surface area contributed by atoms with Crippen LogP contribution in [0.5, 0.6) is 0 Å². The van der Waals surface area contributed by atoms with Crippen molar-refractivity contribution in [2.45, 2.75) is 38.6 Å². The van der Waals surface area contributed by atoms with Crippen LogP contribution in [0.15, 0.2) is 18.3 Å². The van der Waals surface area contributed by atoms with Crippen molar-refractivity contribution in [3.05, 3.63) is 23.9 Å². The molecule has 0 radical (unpaired) electrons. The van der Waals surface area contributed by atoms with Gasteiger partial charge in [0.05, 0.1) is 0 Å². The Kier molecular flexibility index (Phi) is 3.25. The zero-order valence-electron chi connectivity index (χ0n) is 11.2. The molecule has 1 aromatic rings. The molecule has 3 atom stereocenters. The van der Waals surface area contributed by atoms with Gasteiger partial charge in [-0.15, -0.1) is 0 Å². The maximum absolute atomic E-state index is 6.07. The van der Waals surface area contributed by atoms with E-state index < -0.39 is 0 Å². The average molecular weight is 245 g/mol. The summed E-state index contributed by atoms with van der Waals surface area (Å²) in [6, 6.07) is 4.18. The highest BCUT2D eigenvalue weighted by atomic mass is 15.2. The van der Waals surface area contributed by atoms with E-state index in [1.165, 1.54) is 44.3 Å². The monoisotopic (exact) mass is 245 g/mol. The first kappa shape index (κ1) is 12.0. The molecule has 1 saturated carbocycles. The molecule has 2 N–H and O–H groups in total. The van der Waals surface area contributed by atoms with Gasteiger partial charge in [0.2, 0.25) is 0 Å². The fourth-order valence-corrected chi connectivity index (χ4v) is 3.63. The van der Waals surface area contributed by atoms with Crippen molar-refractivity contribution in [2.24, 2.45) is 17.6 Å². The van der Waals surface area contributed by atoms with Crippen molar-refractivity contribution >= 4 is 5.82 Å². The van der Waals surface area contributed by atoms with Crippen molar-refractivity contribution in [3.63, 3.8) is 0 Å². The summed E-state index contributed by atoms with van der Waals surface area (Å²) in [4.78, 5) is 7.08. The lowest BCUT2D eigenvalue weighted by Crippen LogP contribution is -2.43. The Morgan fingerprint density at radius 3 is 2.72 bits per heavy atom. The first-order valence-electron chi connectivity index (χ1n) is 7.19. The van der Waals surface area contributed by atoms with Crippen LogP contribution in [0, 0.1) is 11.8 Å². The number of pyridine rings is 1. The quantitative estimate of drug-likeness (QED) is 0.871. The van der Waals surface area contributed by atoms with Crippen molar-refractivity contribution in [2.75, 3.05) is 18.0 Å². The molecule has 3 heteroatoms. The van der Waals surface area contributed by atoms with Crippen LogP contribution in [0.4, 0.5) is 5.82 Å². The number of anilines is 1. The molecule has 2 bridgehead atoms. The molecule has 0 aromatic carbocycles. The SMILES string of the molecule is CC(N)c1cccnc1N1CC2CCCC(C2)C1. The largest absolute Gasteiger partial charge is 0.356 e. The Morgan fingerprint density at radius 2 is 2.06 bits per heavy atom. The first-order chi connectivity index (χ1) is 8.74. The predicted molar refractivity (Wildman–Crippen MR) is 74.5 cm³/mol.